The van der Waals surface area contributed by atoms with E-state index in [1.807, 2.05) is 30.3 Å². The third kappa shape index (κ3) is 3.11. The minimum atomic E-state index is -0.165. The smallest absolute Gasteiger partial charge is 0.251 e. The molecule has 1 amide bonds. The summed E-state index contributed by atoms with van der Waals surface area (Å²) in [6.45, 7) is 1.95. The highest BCUT2D eigenvalue weighted by Crippen LogP contribution is 2.21. The Hall–Kier alpha value is -2.21. The average Bonchev–Trinajstić information content (AvgIpc) is 2.90. The van der Waals surface area contributed by atoms with Crippen molar-refractivity contribution in [2.24, 2.45) is 0 Å². The standard InChI is InChI=1S/C15H12BrN3O2/c1-9-18-14(19-21-9)8-17-15(20)12-3-2-11-7-13(16)5-4-10(11)6-12/h2-7H,8H2,1H3,(H,17,20). The topological polar surface area (TPSA) is 68.0 Å². The van der Waals surface area contributed by atoms with Crippen LogP contribution in [-0.4, -0.2) is 16.0 Å². The van der Waals surface area contributed by atoms with Crippen LogP contribution in [0.15, 0.2) is 45.4 Å². The normalized spacial score (nSPS) is 10.8. The monoisotopic (exact) mass is 345 g/mol. The summed E-state index contributed by atoms with van der Waals surface area (Å²) in [5, 5.41) is 8.60. The first-order valence-corrected chi connectivity index (χ1v) is 7.18. The van der Waals surface area contributed by atoms with Crippen molar-refractivity contribution < 1.29 is 9.32 Å². The van der Waals surface area contributed by atoms with Crippen molar-refractivity contribution in [3.63, 3.8) is 0 Å². The lowest BCUT2D eigenvalue weighted by atomic mass is 10.1. The maximum Gasteiger partial charge on any atom is 0.251 e. The zero-order chi connectivity index (χ0) is 14.8. The third-order valence-electron chi connectivity index (χ3n) is 3.04. The number of hydrogen-bond acceptors (Lipinski definition) is 4. The lowest BCUT2D eigenvalue weighted by molar-refractivity contribution is 0.0950. The lowest BCUT2D eigenvalue weighted by Crippen LogP contribution is -2.23. The van der Waals surface area contributed by atoms with Crippen LogP contribution in [0.4, 0.5) is 0 Å². The number of carbonyl (C=O) groups is 1. The second-order valence-corrected chi connectivity index (χ2v) is 5.53. The Balaban J connectivity index is 1.76. The van der Waals surface area contributed by atoms with Gasteiger partial charge in [-0.05, 0) is 35.0 Å². The summed E-state index contributed by atoms with van der Waals surface area (Å²) < 4.78 is 5.87. The van der Waals surface area contributed by atoms with Crippen LogP contribution in [0.1, 0.15) is 22.1 Å². The van der Waals surface area contributed by atoms with Crippen molar-refractivity contribution in [2.45, 2.75) is 13.5 Å². The van der Waals surface area contributed by atoms with Gasteiger partial charge < -0.3 is 9.84 Å². The number of fused-ring (bicyclic) bond motifs is 1. The molecule has 2 aromatic carbocycles. The number of nitrogens with zero attached hydrogens (tertiary/aromatic N) is 2. The molecule has 0 saturated carbocycles. The third-order valence-corrected chi connectivity index (χ3v) is 3.53. The number of aryl methyl sites for hydroxylation is 1. The van der Waals surface area contributed by atoms with E-state index < -0.39 is 0 Å². The fourth-order valence-electron chi connectivity index (χ4n) is 2.03. The number of rotatable bonds is 3. The summed E-state index contributed by atoms with van der Waals surface area (Å²) in [7, 11) is 0. The SMILES string of the molecule is Cc1nc(CNC(=O)c2ccc3cc(Br)ccc3c2)no1. The predicted octanol–water partition coefficient (Wildman–Crippen LogP) is 3.22. The van der Waals surface area contributed by atoms with Crippen LogP contribution < -0.4 is 5.32 Å². The molecule has 0 saturated heterocycles. The van der Waals surface area contributed by atoms with Gasteiger partial charge in [-0.25, -0.2) is 0 Å². The van der Waals surface area contributed by atoms with E-state index in [-0.39, 0.29) is 12.5 Å². The van der Waals surface area contributed by atoms with Crippen LogP contribution in [0.2, 0.25) is 0 Å². The Morgan fingerprint density at radius 3 is 2.76 bits per heavy atom. The molecule has 5 nitrogen and oxygen atoms in total. The van der Waals surface area contributed by atoms with Crippen molar-refractivity contribution in [1.29, 1.82) is 0 Å². The average molecular weight is 346 g/mol. The van der Waals surface area contributed by atoms with Crippen molar-refractivity contribution in [3.05, 3.63) is 58.1 Å². The van der Waals surface area contributed by atoms with Crippen LogP contribution in [-0.2, 0) is 6.54 Å². The highest BCUT2D eigenvalue weighted by Gasteiger charge is 2.08. The molecule has 21 heavy (non-hydrogen) atoms. The first kappa shape index (κ1) is 13.8. The van der Waals surface area contributed by atoms with Crippen LogP contribution in [0.3, 0.4) is 0 Å². The van der Waals surface area contributed by atoms with Gasteiger partial charge in [-0.15, -0.1) is 0 Å². The van der Waals surface area contributed by atoms with Crippen LogP contribution in [0, 0.1) is 6.92 Å². The van der Waals surface area contributed by atoms with Gasteiger partial charge in [-0.2, -0.15) is 4.98 Å². The quantitative estimate of drug-likeness (QED) is 0.791. The number of hydrogen-bond donors (Lipinski definition) is 1. The Morgan fingerprint density at radius 2 is 2.00 bits per heavy atom. The molecule has 106 valence electrons. The zero-order valence-corrected chi connectivity index (χ0v) is 12.8. The lowest BCUT2D eigenvalue weighted by Gasteiger charge is -2.05. The minimum absolute atomic E-state index is 0.165. The molecule has 0 fully saturated rings. The van der Waals surface area contributed by atoms with Crippen molar-refractivity contribution in [3.8, 4) is 0 Å². The summed E-state index contributed by atoms with van der Waals surface area (Å²) in [4.78, 5) is 16.2. The number of nitrogens with one attached hydrogen (secondary N) is 1. The highest BCUT2D eigenvalue weighted by molar-refractivity contribution is 9.10. The van der Waals surface area contributed by atoms with Crippen molar-refractivity contribution in [2.75, 3.05) is 0 Å². The second-order valence-electron chi connectivity index (χ2n) is 4.62. The summed E-state index contributed by atoms with van der Waals surface area (Å²) in [5.41, 5.74) is 0.602. The summed E-state index contributed by atoms with van der Waals surface area (Å²) in [6.07, 6.45) is 0. The molecule has 0 radical (unpaired) electrons. The molecular formula is C15H12BrN3O2. The predicted molar refractivity (Wildman–Crippen MR) is 81.9 cm³/mol. The second kappa shape index (κ2) is 5.65. The fraction of sp³-hybridized carbons (Fsp3) is 0.133. The van der Waals surface area contributed by atoms with Crippen molar-refractivity contribution in [1.82, 2.24) is 15.5 Å². The Labute approximate surface area is 129 Å². The number of halogens is 1. The molecule has 0 unspecified atom stereocenters. The van der Waals surface area contributed by atoms with Gasteiger partial charge in [0, 0.05) is 17.0 Å². The molecule has 1 heterocycles. The summed E-state index contributed by atoms with van der Waals surface area (Å²) >= 11 is 3.43. The Morgan fingerprint density at radius 1 is 1.24 bits per heavy atom. The largest absolute Gasteiger partial charge is 0.345 e. The van der Waals surface area contributed by atoms with E-state index in [2.05, 4.69) is 31.4 Å². The molecule has 0 atom stereocenters. The van der Waals surface area contributed by atoms with E-state index in [1.54, 1.807) is 13.0 Å². The molecule has 0 bridgehead atoms. The van der Waals surface area contributed by atoms with E-state index in [4.69, 9.17) is 4.52 Å². The van der Waals surface area contributed by atoms with Gasteiger partial charge in [0.15, 0.2) is 5.82 Å². The minimum Gasteiger partial charge on any atom is -0.345 e. The molecule has 0 aliphatic rings. The number of amides is 1. The maximum atomic E-state index is 12.1. The first-order valence-electron chi connectivity index (χ1n) is 6.38. The molecule has 3 rings (SSSR count). The molecule has 0 spiro atoms. The molecule has 6 heteroatoms. The Bertz CT molecular complexity index is 814. The van der Waals surface area contributed by atoms with Crippen LogP contribution in [0.25, 0.3) is 10.8 Å². The number of carbonyl (C=O) groups excluding carboxylic acids is 1. The number of benzene rings is 2. The maximum absolute atomic E-state index is 12.1. The molecular weight excluding hydrogens is 334 g/mol. The number of aromatic nitrogens is 2. The molecule has 3 aromatic rings. The van der Waals surface area contributed by atoms with Gasteiger partial charge in [0.2, 0.25) is 5.89 Å². The highest BCUT2D eigenvalue weighted by atomic mass is 79.9. The molecule has 0 aliphatic heterocycles. The Kier molecular flexibility index (Phi) is 3.70. The van der Waals surface area contributed by atoms with Gasteiger partial charge in [-0.1, -0.05) is 33.2 Å². The van der Waals surface area contributed by atoms with Gasteiger partial charge >= 0.3 is 0 Å². The van der Waals surface area contributed by atoms with Gasteiger partial charge in [0.1, 0.15) is 0 Å². The van der Waals surface area contributed by atoms with E-state index in [1.165, 1.54) is 0 Å². The molecule has 1 aromatic heterocycles. The van der Waals surface area contributed by atoms with E-state index in [9.17, 15) is 4.79 Å². The summed E-state index contributed by atoms with van der Waals surface area (Å²) in [5.74, 6) is 0.781. The van der Waals surface area contributed by atoms with E-state index in [0.29, 0.717) is 17.3 Å². The van der Waals surface area contributed by atoms with E-state index >= 15 is 0 Å². The van der Waals surface area contributed by atoms with Crippen molar-refractivity contribution >= 4 is 32.6 Å². The van der Waals surface area contributed by atoms with Crippen LogP contribution >= 0.6 is 15.9 Å². The molecule has 0 aliphatic carbocycles. The zero-order valence-electron chi connectivity index (χ0n) is 11.3. The first-order chi connectivity index (χ1) is 10.1. The van der Waals surface area contributed by atoms with E-state index in [0.717, 1.165) is 15.2 Å². The summed E-state index contributed by atoms with van der Waals surface area (Å²) in [6, 6.07) is 11.5. The van der Waals surface area contributed by atoms with Gasteiger partial charge in [0.25, 0.3) is 5.91 Å². The van der Waals surface area contributed by atoms with Gasteiger partial charge in [0.05, 0.1) is 6.54 Å². The fourth-order valence-corrected chi connectivity index (χ4v) is 2.41. The molecule has 1 N–H and O–H groups in total. The van der Waals surface area contributed by atoms with Crippen LogP contribution in [0.5, 0.6) is 0 Å². The van der Waals surface area contributed by atoms with Gasteiger partial charge in [-0.3, -0.25) is 4.79 Å².